The van der Waals surface area contributed by atoms with Crippen LogP contribution in [0.1, 0.15) is 61.1 Å². The van der Waals surface area contributed by atoms with Crippen molar-refractivity contribution in [2.45, 2.75) is 63.5 Å². The van der Waals surface area contributed by atoms with Gasteiger partial charge in [0.1, 0.15) is 20.7 Å². The number of fused-ring (bicyclic) bond motifs is 4. The van der Waals surface area contributed by atoms with Crippen molar-refractivity contribution in [3.63, 3.8) is 0 Å². The number of likely N-dealkylation sites (tertiary alicyclic amines) is 1. The lowest BCUT2D eigenvalue weighted by Crippen LogP contribution is -2.38. The molecule has 57 heavy (non-hydrogen) atoms. The first kappa shape index (κ1) is 38.2. The van der Waals surface area contributed by atoms with Crippen LogP contribution in [0.25, 0.3) is 40.9 Å². The highest BCUT2D eigenvalue weighted by molar-refractivity contribution is 7.19. The number of halogens is 4. The van der Waals surface area contributed by atoms with Crippen molar-refractivity contribution in [3.05, 3.63) is 92.8 Å². The van der Waals surface area contributed by atoms with E-state index < -0.39 is 23.3 Å². The Morgan fingerprint density at radius 2 is 1.23 bits per heavy atom. The van der Waals surface area contributed by atoms with Crippen LogP contribution in [-0.2, 0) is 0 Å². The standard InChI is InChI=1S/C21H20F2N4S2.C20H18F2N4S2/c1-11-12(4-3-7-27(11)2)17-8-13-19(14(22)9-24-21(13)29-17)26-15-5-6-16-20(18(15)23)25-10-28-16;1-10-11(3-2-6-23-10)16-7-12-18(13(21)8-24-20(12)28-16)26-14-4-5-15-19(17(14)22)25-9-27-15/h5-6,8-12H,3-4,7H2,1-2H3,(H,24,26);4-5,7-11,23H,2-3,6H2,1H3,(H,24,26). The lowest BCUT2D eigenvalue weighted by molar-refractivity contribution is 0.176. The van der Waals surface area contributed by atoms with E-state index in [4.69, 9.17) is 0 Å². The molecule has 294 valence electrons. The molecule has 2 saturated heterocycles. The molecule has 2 aliphatic heterocycles. The van der Waals surface area contributed by atoms with E-state index in [2.05, 4.69) is 61.7 Å². The van der Waals surface area contributed by atoms with Crippen LogP contribution in [0.5, 0.6) is 0 Å². The molecular formula is C41H38F4N8S4. The molecule has 8 nitrogen and oxygen atoms in total. The quantitative estimate of drug-likeness (QED) is 0.143. The maximum atomic E-state index is 14.9. The van der Waals surface area contributed by atoms with Crippen LogP contribution in [0.15, 0.2) is 59.8 Å². The van der Waals surface area contributed by atoms with Crippen LogP contribution in [0.3, 0.4) is 0 Å². The summed E-state index contributed by atoms with van der Waals surface area (Å²) in [5.74, 6) is -1.15. The summed E-state index contributed by atoms with van der Waals surface area (Å²) in [6.07, 6.45) is 6.88. The number of pyridine rings is 2. The molecule has 0 saturated carbocycles. The molecule has 2 aromatic carbocycles. The number of anilines is 4. The third-order valence-electron chi connectivity index (χ3n) is 11.3. The fourth-order valence-electron chi connectivity index (χ4n) is 7.97. The van der Waals surface area contributed by atoms with Crippen LogP contribution >= 0.6 is 45.3 Å². The number of hydrogen-bond acceptors (Lipinski definition) is 12. The van der Waals surface area contributed by atoms with Gasteiger partial charge in [-0.2, -0.15) is 0 Å². The molecule has 6 aromatic heterocycles. The SMILES string of the molecule is CC1C(c2cc3c(Nc4ccc5scnc5c4F)c(F)cnc3s2)CCCN1C.CC1NCCCC1c1cc2c(Nc3ccc4scnc4c3F)c(F)cnc2s1. The molecule has 8 heterocycles. The van der Waals surface area contributed by atoms with Gasteiger partial charge in [0, 0.05) is 44.4 Å². The smallest absolute Gasteiger partial charge is 0.173 e. The average Bonchev–Trinajstić information content (AvgIpc) is 4.04. The molecule has 4 unspecified atom stereocenters. The normalized spacial score (nSPS) is 20.3. The van der Waals surface area contributed by atoms with Crippen molar-refractivity contribution in [2.24, 2.45) is 0 Å². The number of nitrogens with one attached hydrogen (secondary N) is 3. The minimum atomic E-state index is -0.496. The summed E-state index contributed by atoms with van der Waals surface area (Å²) in [5, 5.41) is 10.8. The highest BCUT2D eigenvalue weighted by Gasteiger charge is 2.29. The van der Waals surface area contributed by atoms with Crippen molar-refractivity contribution < 1.29 is 17.6 Å². The Labute approximate surface area is 342 Å². The van der Waals surface area contributed by atoms with Crippen LogP contribution in [0.2, 0.25) is 0 Å². The number of aromatic nitrogens is 4. The Morgan fingerprint density at radius 3 is 1.77 bits per heavy atom. The minimum Gasteiger partial charge on any atom is -0.350 e. The van der Waals surface area contributed by atoms with Crippen molar-refractivity contribution in [3.8, 4) is 0 Å². The molecule has 16 heteroatoms. The topological polar surface area (TPSA) is 90.9 Å². The first-order valence-corrected chi connectivity index (χ1v) is 22.2. The summed E-state index contributed by atoms with van der Waals surface area (Å²) in [4.78, 5) is 23.0. The molecule has 0 spiro atoms. The number of benzene rings is 2. The van der Waals surface area contributed by atoms with Gasteiger partial charge in [0.2, 0.25) is 0 Å². The number of thiazole rings is 2. The second-order valence-corrected chi connectivity index (χ2v) is 18.6. The third-order valence-corrected chi connectivity index (χ3v) is 15.2. The number of hydrogen-bond donors (Lipinski definition) is 3. The van der Waals surface area contributed by atoms with E-state index in [0.717, 1.165) is 57.8 Å². The Morgan fingerprint density at radius 1 is 0.702 bits per heavy atom. The van der Waals surface area contributed by atoms with Gasteiger partial charge in [-0.25, -0.2) is 37.5 Å². The van der Waals surface area contributed by atoms with Crippen LogP contribution in [0.4, 0.5) is 40.3 Å². The molecule has 0 aliphatic carbocycles. The van der Waals surface area contributed by atoms with E-state index in [1.54, 1.807) is 58.0 Å². The maximum absolute atomic E-state index is 14.9. The molecule has 0 bridgehead atoms. The second-order valence-electron chi connectivity index (χ2n) is 14.7. The van der Waals surface area contributed by atoms with Crippen molar-refractivity contribution in [2.75, 3.05) is 30.8 Å². The Balaban J connectivity index is 0.000000148. The van der Waals surface area contributed by atoms with Crippen molar-refractivity contribution in [1.82, 2.24) is 30.2 Å². The van der Waals surface area contributed by atoms with Gasteiger partial charge in [0.15, 0.2) is 23.3 Å². The number of rotatable bonds is 6. The van der Waals surface area contributed by atoms with E-state index in [1.165, 1.54) is 44.8 Å². The number of thiophene rings is 2. The zero-order valence-electron chi connectivity index (χ0n) is 31.2. The van der Waals surface area contributed by atoms with Crippen LogP contribution in [-0.4, -0.2) is 57.1 Å². The van der Waals surface area contributed by atoms with Gasteiger partial charge in [-0.3, -0.25) is 0 Å². The molecular weight excluding hydrogens is 809 g/mol. The highest BCUT2D eigenvalue weighted by atomic mass is 32.1. The third kappa shape index (κ3) is 7.25. The summed E-state index contributed by atoms with van der Waals surface area (Å²) in [5.41, 5.74) is 4.77. The number of likely N-dealkylation sites (N-methyl/N-ethyl adjacent to an activating group) is 1. The average molecular weight is 847 g/mol. The zero-order chi connectivity index (χ0) is 39.4. The summed E-state index contributed by atoms with van der Waals surface area (Å²) in [6.45, 7) is 6.54. The van der Waals surface area contributed by atoms with Gasteiger partial charge in [-0.15, -0.1) is 45.3 Å². The maximum Gasteiger partial charge on any atom is 0.173 e. The molecule has 0 radical (unpaired) electrons. The molecule has 4 atom stereocenters. The molecule has 3 N–H and O–H groups in total. The highest BCUT2D eigenvalue weighted by Crippen LogP contribution is 2.43. The fourth-order valence-corrected chi connectivity index (χ4v) is 11.8. The lowest BCUT2D eigenvalue weighted by Gasteiger charge is -2.36. The molecule has 8 aromatic rings. The summed E-state index contributed by atoms with van der Waals surface area (Å²) < 4.78 is 60.6. The Bertz CT molecular complexity index is 2740. The minimum absolute atomic E-state index is 0.213. The summed E-state index contributed by atoms with van der Waals surface area (Å²) in [6, 6.07) is 11.7. The lowest BCUT2D eigenvalue weighted by atomic mass is 9.89. The van der Waals surface area contributed by atoms with Gasteiger partial charge in [-0.05, 0) is 96.1 Å². The van der Waals surface area contributed by atoms with Gasteiger partial charge in [-0.1, -0.05) is 0 Å². The van der Waals surface area contributed by atoms with E-state index in [-0.39, 0.29) is 22.7 Å². The monoisotopic (exact) mass is 846 g/mol. The fraction of sp³-hybridized carbons (Fsp3) is 0.317. The van der Waals surface area contributed by atoms with Crippen LogP contribution < -0.4 is 16.0 Å². The Kier molecular flexibility index (Phi) is 10.6. The van der Waals surface area contributed by atoms with Gasteiger partial charge >= 0.3 is 0 Å². The largest absolute Gasteiger partial charge is 0.350 e. The molecule has 0 amide bonds. The van der Waals surface area contributed by atoms with Crippen molar-refractivity contribution in [1.29, 1.82) is 0 Å². The predicted octanol–water partition coefficient (Wildman–Crippen LogP) is 11.9. The van der Waals surface area contributed by atoms with E-state index in [9.17, 15) is 17.6 Å². The van der Waals surface area contributed by atoms with Gasteiger partial charge in [0.25, 0.3) is 0 Å². The van der Waals surface area contributed by atoms with E-state index >= 15 is 0 Å². The van der Waals surface area contributed by atoms with E-state index in [1.807, 2.05) is 12.1 Å². The summed E-state index contributed by atoms with van der Waals surface area (Å²) >= 11 is 5.94. The molecule has 10 rings (SSSR count). The van der Waals surface area contributed by atoms with Crippen LogP contribution in [0, 0.1) is 23.3 Å². The Hall–Kier alpha value is -4.32. The summed E-state index contributed by atoms with van der Waals surface area (Å²) in [7, 11) is 2.15. The first-order chi connectivity index (χ1) is 27.6. The number of nitrogens with zero attached hydrogens (tertiary/aromatic N) is 5. The zero-order valence-corrected chi connectivity index (χ0v) is 34.5. The van der Waals surface area contributed by atoms with Gasteiger partial charge < -0.3 is 20.9 Å². The van der Waals surface area contributed by atoms with Gasteiger partial charge in [0.05, 0.1) is 55.6 Å². The molecule has 2 fully saturated rings. The van der Waals surface area contributed by atoms with E-state index in [0.29, 0.717) is 45.7 Å². The van der Waals surface area contributed by atoms with Crippen molar-refractivity contribution >= 4 is 109 Å². The predicted molar refractivity (Wildman–Crippen MR) is 228 cm³/mol. The second kappa shape index (κ2) is 15.8. The number of piperidine rings is 2. The molecule has 2 aliphatic rings. The first-order valence-electron chi connectivity index (χ1n) is 18.8.